The van der Waals surface area contributed by atoms with Crippen LogP contribution in [0.3, 0.4) is 0 Å². The van der Waals surface area contributed by atoms with Crippen molar-refractivity contribution in [1.82, 2.24) is 4.57 Å². The molecule has 1 atom stereocenters. The summed E-state index contributed by atoms with van der Waals surface area (Å²) >= 11 is 4.85. The lowest BCUT2D eigenvalue weighted by Gasteiger charge is -2.26. The van der Waals surface area contributed by atoms with E-state index >= 15 is 0 Å². The molecular weight excluding hydrogens is 592 g/mol. The van der Waals surface area contributed by atoms with Crippen molar-refractivity contribution < 1.29 is 19.0 Å². The number of rotatable bonds is 7. The molecule has 0 radical (unpaired) electrons. The molecular formula is C31H27BrN2O5S. The number of carbonyl (C=O) groups excluding carboxylic acids is 1. The van der Waals surface area contributed by atoms with Crippen molar-refractivity contribution in [3.8, 4) is 11.5 Å². The van der Waals surface area contributed by atoms with Crippen molar-refractivity contribution in [1.29, 1.82) is 0 Å². The first-order chi connectivity index (χ1) is 19.4. The van der Waals surface area contributed by atoms with E-state index in [4.69, 9.17) is 19.2 Å². The van der Waals surface area contributed by atoms with Crippen LogP contribution in [0.4, 0.5) is 0 Å². The van der Waals surface area contributed by atoms with Gasteiger partial charge in [0.15, 0.2) is 16.3 Å². The first kappa shape index (κ1) is 27.6. The molecule has 7 nitrogen and oxygen atoms in total. The molecule has 0 spiro atoms. The number of thiazole rings is 1. The second-order valence-corrected chi connectivity index (χ2v) is 10.9. The second-order valence-electron chi connectivity index (χ2n) is 9.05. The Balaban J connectivity index is 1.84. The summed E-state index contributed by atoms with van der Waals surface area (Å²) in [6.07, 6.45) is 1.84. The number of carbonyl (C=O) groups is 1. The SMILES string of the molecule is CCOC(=O)C1=C(c2ccccc2)N=c2s/c(=C\c3ccc(C)c(Br)c3)c(=O)n2[C@@H]1c1ccc(OC)c(OC)c1. The van der Waals surface area contributed by atoms with Gasteiger partial charge in [-0.15, -0.1) is 0 Å². The molecule has 0 amide bonds. The van der Waals surface area contributed by atoms with E-state index in [1.54, 1.807) is 37.8 Å². The van der Waals surface area contributed by atoms with Crippen LogP contribution in [0.15, 0.2) is 86.6 Å². The Morgan fingerprint density at radius 1 is 1.05 bits per heavy atom. The third-order valence-electron chi connectivity index (χ3n) is 6.59. The number of fused-ring (bicyclic) bond motifs is 1. The highest BCUT2D eigenvalue weighted by Crippen LogP contribution is 2.38. The third-order valence-corrected chi connectivity index (χ3v) is 8.43. The van der Waals surface area contributed by atoms with Gasteiger partial charge in [-0.2, -0.15) is 0 Å². The van der Waals surface area contributed by atoms with E-state index in [1.807, 2.05) is 67.6 Å². The van der Waals surface area contributed by atoms with Crippen LogP contribution < -0.4 is 24.4 Å². The number of aryl methyl sites for hydroxylation is 1. The van der Waals surface area contributed by atoms with Gasteiger partial charge >= 0.3 is 5.97 Å². The quantitative estimate of drug-likeness (QED) is 0.272. The minimum atomic E-state index is -0.808. The minimum absolute atomic E-state index is 0.176. The summed E-state index contributed by atoms with van der Waals surface area (Å²) in [5.74, 6) is 0.475. The molecule has 0 fully saturated rings. The molecule has 9 heteroatoms. The fourth-order valence-electron chi connectivity index (χ4n) is 4.63. The zero-order valence-corrected chi connectivity index (χ0v) is 24.8. The van der Waals surface area contributed by atoms with Gasteiger partial charge in [0, 0.05) is 10.0 Å². The van der Waals surface area contributed by atoms with Gasteiger partial charge in [-0.1, -0.05) is 75.8 Å². The molecule has 1 aliphatic rings. The Morgan fingerprint density at radius 3 is 2.48 bits per heavy atom. The largest absolute Gasteiger partial charge is 0.493 e. The molecule has 0 saturated heterocycles. The van der Waals surface area contributed by atoms with Crippen LogP contribution in [0.1, 0.15) is 35.2 Å². The molecule has 3 aromatic carbocycles. The Hall–Kier alpha value is -3.95. The maximum Gasteiger partial charge on any atom is 0.338 e. The lowest BCUT2D eigenvalue weighted by Crippen LogP contribution is -2.40. The van der Waals surface area contributed by atoms with Gasteiger partial charge in [0.2, 0.25) is 0 Å². The van der Waals surface area contributed by atoms with Crippen LogP contribution in [0.5, 0.6) is 11.5 Å². The maximum atomic E-state index is 14.0. The van der Waals surface area contributed by atoms with E-state index in [0.717, 1.165) is 21.2 Å². The predicted octanol–water partition coefficient (Wildman–Crippen LogP) is 5.02. The van der Waals surface area contributed by atoms with Crippen molar-refractivity contribution in [3.63, 3.8) is 0 Å². The zero-order valence-electron chi connectivity index (χ0n) is 22.4. The van der Waals surface area contributed by atoms with Gasteiger partial charge in [-0.25, -0.2) is 9.79 Å². The predicted molar refractivity (Wildman–Crippen MR) is 159 cm³/mol. The minimum Gasteiger partial charge on any atom is -0.493 e. The molecule has 1 aliphatic heterocycles. The second kappa shape index (κ2) is 11.7. The van der Waals surface area contributed by atoms with Gasteiger partial charge in [0.1, 0.15) is 0 Å². The number of benzene rings is 3. The number of halogens is 1. The van der Waals surface area contributed by atoms with E-state index in [1.165, 1.54) is 11.3 Å². The number of esters is 1. The van der Waals surface area contributed by atoms with E-state index < -0.39 is 12.0 Å². The smallest absolute Gasteiger partial charge is 0.338 e. The zero-order chi connectivity index (χ0) is 28.4. The fraction of sp³-hybridized carbons (Fsp3) is 0.194. The fourth-order valence-corrected chi connectivity index (χ4v) is 6.03. The highest BCUT2D eigenvalue weighted by atomic mass is 79.9. The molecule has 40 heavy (non-hydrogen) atoms. The average Bonchev–Trinajstić information content (AvgIpc) is 3.28. The summed E-state index contributed by atoms with van der Waals surface area (Å²) in [7, 11) is 3.10. The van der Waals surface area contributed by atoms with Crippen LogP contribution in [0, 0.1) is 6.92 Å². The summed E-state index contributed by atoms with van der Waals surface area (Å²) in [5.41, 5.74) is 3.86. The van der Waals surface area contributed by atoms with Gasteiger partial charge in [-0.3, -0.25) is 9.36 Å². The number of nitrogens with zero attached hydrogens (tertiary/aromatic N) is 2. The molecule has 0 unspecified atom stereocenters. The molecule has 2 heterocycles. The van der Waals surface area contributed by atoms with E-state index in [0.29, 0.717) is 32.1 Å². The van der Waals surface area contributed by atoms with Crippen LogP contribution in [-0.4, -0.2) is 31.4 Å². The van der Waals surface area contributed by atoms with Crippen molar-refractivity contribution in [2.45, 2.75) is 19.9 Å². The highest BCUT2D eigenvalue weighted by Gasteiger charge is 2.35. The molecule has 0 saturated carbocycles. The molecule has 0 bridgehead atoms. The number of aromatic nitrogens is 1. The standard InChI is InChI=1S/C31H27BrN2O5S/c1-5-39-30(36)26-27(20-9-7-6-8-10-20)33-31-34(28(26)21-13-14-23(37-3)24(17-21)38-4)29(35)25(40-31)16-19-12-11-18(2)22(32)15-19/h6-17,28H,5H2,1-4H3/b25-16-/t28-/m1/s1. The van der Waals surface area contributed by atoms with E-state index in [2.05, 4.69) is 15.9 Å². The molecule has 204 valence electrons. The average molecular weight is 620 g/mol. The highest BCUT2D eigenvalue weighted by molar-refractivity contribution is 9.10. The first-order valence-electron chi connectivity index (χ1n) is 12.6. The van der Waals surface area contributed by atoms with Crippen LogP contribution in [-0.2, 0) is 9.53 Å². The number of hydrogen-bond donors (Lipinski definition) is 0. The number of methoxy groups -OCH3 is 2. The van der Waals surface area contributed by atoms with Crippen LogP contribution >= 0.6 is 27.3 Å². The Labute approximate surface area is 243 Å². The lowest BCUT2D eigenvalue weighted by molar-refractivity contribution is -0.138. The first-order valence-corrected chi connectivity index (χ1v) is 14.2. The summed E-state index contributed by atoms with van der Waals surface area (Å²) in [4.78, 5) is 33.0. The van der Waals surface area contributed by atoms with E-state index in [-0.39, 0.29) is 17.7 Å². The van der Waals surface area contributed by atoms with Gasteiger partial charge < -0.3 is 14.2 Å². The Bertz CT molecular complexity index is 1810. The van der Waals surface area contributed by atoms with Crippen molar-refractivity contribution in [3.05, 3.63) is 119 Å². The van der Waals surface area contributed by atoms with Gasteiger partial charge in [0.25, 0.3) is 5.56 Å². The molecule has 4 aromatic rings. The van der Waals surface area contributed by atoms with Gasteiger partial charge in [-0.05, 0) is 54.8 Å². The maximum absolute atomic E-state index is 14.0. The van der Waals surface area contributed by atoms with E-state index in [9.17, 15) is 9.59 Å². The van der Waals surface area contributed by atoms with Crippen LogP contribution in [0.25, 0.3) is 11.8 Å². The number of hydrogen-bond acceptors (Lipinski definition) is 7. The van der Waals surface area contributed by atoms with Gasteiger partial charge in [0.05, 0.1) is 42.7 Å². The lowest BCUT2D eigenvalue weighted by atomic mass is 9.93. The molecule has 0 N–H and O–H groups in total. The normalized spacial score (nSPS) is 14.9. The topological polar surface area (TPSA) is 79.1 Å². The summed E-state index contributed by atoms with van der Waals surface area (Å²) < 4.78 is 19.6. The summed E-state index contributed by atoms with van der Waals surface area (Å²) in [6.45, 7) is 3.93. The van der Waals surface area contributed by atoms with Crippen molar-refractivity contribution in [2.24, 2.45) is 4.99 Å². The summed E-state index contributed by atoms with van der Waals surface area (Å²) in [5, 5.41) is 0. The Kier molecular flexibility index (Phi) is 8.04. The summed E-state index contributed by atoms with van der Waals surface area (Å²) in [6, 6.07) is 19.9. The third kappa shape index (κ3) is 5.14. The van der Waals surface area contributed by atoms with Crippen molar-refractivity contribution in [2.75, 3.05) is 20.8 Å². The number of ether oxygens (including phenoxy) is 3. The monoisotopic (exact) mass is 618 g/mol. The Morgan fingerprint density at radius 2 is 1.80 bits per heavy atom. The van der Waals surface area contributed by atoms with Crippen LogP contribution in [0.2, 0.25) is 0 Å². The molecule has 1 aromatic heterocycles. The molecule has 5 rings (SSSR count). The molecule has 0 aliphatic carbocycles. The van der Waals surface area contributed by atoms with Crippen molar-refractivity contribution >= 4 is 45.0 Å².